The molecule has 68 valence electrons. The van der Waals surface area contributed by atoms with E-state index < -0.39 is 0 Å². The number of aliphatic hydroxyl groups is 1. The van der Waals surface area contributed by atoms with Crippen LogP contribution in [-0.2, 0) is 0 Å². The molecule has 0 fully saturated rings. The molecule has 0 radical (unpaired) electrons. The minimum Gasteiger partial charge on any atom is -0.393 e. The van der Waals surface area contributed by atoms with Crippen LogP contribution in [0.2, 0.25) is 0 Å². The zero-order valence-corrected chi connectivity index (χ0v) is 7.97. The summed E-state index contributed by atoms with van der Waals surface area (Å²) in [5.74, 6) is 0. The first-order valence-electron chi connectivity index (χ1n) is 4.99. The lowest BCUT2D eigenvalue weighted by Crippen LogP contribution is -2.04. The fourth-order valence-corrected chi connectivity index (χ4v) is 1.28. The van der Waals surface area contributed by atoms with Gasteiger partial charge in [-0.1, -0.05) is 46.0 Å². The van der Waals surface area contributed by atoms with Gasteiger partial charge in [0.2, 0.25) is 0 Å². The zero-order valence-electron chi connectivity index (χ0n) is 7.97. The van der Waals surface area contributed by atoms with E-state index in [4.69, 9.17) is 0 Å². The first-order valence-corrected chi connectivity index (χ1v) is 4.99. The second-order valence-electron chi connectivity index (χ2n) is 3.29. The van der Waals surface area contributed by atoms with Crippen LogP contribution in [0.5, 0.6) is 0 Å². The van der Waals surface area contributed by atoms with Crippen molar-refractivity contribution in [2.45, 2.75) is 64.9 Å². The Morgan fingerprint density at radius 2 is 1.64 bits per heavy atom. The highest BCUT2D eigenvalue weighted by atomic mass is 16.3. The van der Waals surface area contributed by atoms with Gasteiger partial charge >= 0.3 is 0 Å². The van der Waals surface area contributed by atoms with E-state index in [9.17, 15) is 5.11 Å². The van der Waals surface area contributed by atoms with Crippen molar-refractivity contribution in [3.8, 4) is 0 Å². The van der Waals surface area contributed by atoms with Crippen LogP contribution in [0.15, 0.2) is 0 Å². The minimum atomic E-state index is -0.0307. The maximum Gasteiger partial charge on any atom is 0.0540 e. The topological polar surface area (TPSA) is 20.2 Å². The van der Waals surface area contributed by atoms with Crippen LogP contribution < -0.4 is 0 Å². The summed E-state index contributed by atoms with van der Waals surface area (Å²) in [6.45, 7) is 4.33. The predicted molar refractivity (Wildman–Crippen MR) is 49.7 cm³/mol. The van der Waals surface area contributed by atoms with Crippen LogP contribution >= 0.6 is 0 Å². The second-order valence-corrected chi connectivity index (χ2v) is 3.29. The second kappa shape index (κ2) is 8.06. The van der Waals surface area contributed by atoms with Crippen molar-refractivity contribution in [3.05, 3.63) is 0 Å². The molecule has 0 spiro atoms. The summed E-state index contributed by atoms with van der Waals surface area (Å²) in [6.07, 6.45) is 8.15. The minimum absolute atomic E-state index is 0.0307. The predicted octanol–water partition coefficient (Wildman–Crippen LogP) is 3.12. The average Bonchev–Trinajstić information content (AvgIpc) is 1.99. The lowest BCUT2D eigenvalue weighted by Gasteiger charge is -2.07. The Morgan fingerprint density at radius 3 is 2.18 bits per heavy atom. The van der Waals surface area contributed by atoms with Gasteiger partial charge in [-0.05, 0) is 12.8 Å². The molecule has 1 unspecified atom stereocenters. The highest BCUT2D eigenvalue weighted by Crippen LogP contribution is 2.08. The molecule has 0 aromatic rings. The van der Waals surface area contributed by atoms with Crippen molar-refractivity contribution in [2.24, 2.45) is 0 Å². The summed E-state index contributed by atoms with van der Waals surface area (Å²) < 4.78 is 0. The molecule has 0 aliphatic rings. The van der Waals surface area contributed by atoms with E-state index in [-0.39, 0.29) is 6.10 Å². The zero-order chi connectivity index (χ0) is 8.53. The smallest absolute Gasteiger partial charge is 0.0540 e. The molecule has 0 aromatic heterocycles. The Balaban J connectivity index is 2.97. The molecule has 11 heavy (non-hydrogen) atoms. The van der Waals surface area contributed by atoms with Crippen molar-refractivity contribution in [1.82, 2.24) is 0 Å². The standard InChI is InChI=1S/C10H22O/c1-3-5-6-7-9-10(11)8-4-2/h10-11H,3-9H2,1-2H3. The molecule has 0 amide bonds. The summed E-state index contributed by atoms with van der Waals surface area (Å²) in [6, 6.07) is 0. The number of hydrogen-bond acceptors (Lipinski definition) is 1. The molecule has 0 saturated carbocycles. The van der Waals surface area contributed by atoms with Gasteiger partial charge in [0.15, 0.2) is 0 Å². The van der Waals surface area contributed by atoms with E-state index in [0.29, 0.717) is 0 Å². The van der Waals surface area contributed by atoms with Gasteiger partial charge in [0.25, 0.3) is 0 Å². The first kappa shape index (κ1) is 11.0. The van der Waals surface area contributed by atoms with Crippen LogP contribution in [0.25, 0.3) is 0 Å². The summed E-state index contributed by atoms with van der Waals surface area (Å²) >= 11 is 0. The van der Waals surface area contributed by atoms with Crippen molar-refractivity contribution < 1.29 is 5.11 Å². The molecule has 1 N–H and O–H groups in total. The maximum atomic E-state index is 9.35. The molecule has 0 aromatic carbocycles. The SMILES string of the molecule is CCCCCCC(O)CCC. The van der Waals surface area contributed by atoms with Gasteiger partial charge in [0, 0.05) is 0 Å². The van der Waals surface area contributed by atoms with Crippen LogP contribution in [0.1, 0.15) is 58.8 Å². The van der Waals surface area contributed by atoms with Crippen LogP contribution in [-0.4, -0.2) is 11.2 Å². The van der Waals surface area contributed by atoms with Gasteiger partial charge in [0.1, 0.15) is 0 Å². The molecule has 1 nitrogen and oxygen atoms in total. The summed E-state index contributed by atoms with van der Waals surface area (Å²) in [5, 5.41) is 9.35. The number of unbranched alkanes of at least 4 members (excludes halogenated alkanes) is 3. The van der Waals surface area contributed by atoms with E-state index in [1.807, 2.05) is 0 Å². The molecular formula is C10H22O. The first-order chi connectivity index (χ1) is 5.31. The molecule has 0 aliphatic heterocycles. The summed E-state index contributed by atoms with van der Waals surface area (Å²) in [7, 11) is 0. The Morgan fingerprint density at radius 1 is 0.909 bits per heavy atom. The van der Waals surface area contributed by atoms with Crippen molar-refractivity contribution in [3.63, 3.8) is 0 Å². The molecule has 1 heteroatoms. The van der Waals surface area contributed by atoms with E-state index in [0.717, 1.165) is 19.3 Å². The molecule has 0 aliphatic carbocycles. The Labute approximate surface area is 70.8 Å². The number of hydrogen-bond donors (Lipinski definition) is 1. The third kappa shape index (κ3) is 7.86. The number of aliphatic hydroxyl groups excluding tert-OH is 1. The van der Waals surface area contributed by atoms with E-state index >= 15 is 0 Å². The molecule has 0 rings (SSSR count). The quantitative estimate of drug-likeness (QED) is 0.564. The van der Waals surface area contributed by atoms with Gasteiger partial charge in [0.05, 0.1) is 6.10 Å². The average molecular weight is 158 g/mol. The van der Waals surface area contributed by atoms with Gasteiger partial charge in [-0.15, -0.1) is 0 Å². The van der Waals surface area contributed by atoms with Gasteiger partial charge in [-0.25, -0.2) is 0 Å². The largest absolute Gasteiger partial charge is 0.393 e. The van der Waals surface area contributed by atoms with Gasteiger partial charge in [-0.3, -0.25) is 0 Å². The summed E-state index contributed by atoms with van der Waals surface area (Å²) in [4.78, 5) is 0. The van der Waals surface area contributed by atoms with Crippen molar-refractivity contribution >= 4 is 0 Å². The van der Waals surface area contributed by atoms with Gasteiger partial charge < -0.3 is 5.11 Å². The number of rotatable bonds is 7. The lowest BCUT2D eigenvalue weighted by molar-refractivity contribution is 0.150. The van der Waals surface area contributed by atoms with Crippen molar-refractivity contribution in [2.75, 3.05) is 0 Å². The third-order valence-electron chi connectivity index (χ3n) is 2.01. The monoisotopic (exact) mass is 158 g/mol. The molecule has 0 bridgehead atoms. The Kier molecular flexibility index (Phi) is 8.03. The molecule has 1 atom stereocenters. The van der Waals surface area contributed by atoms with E-state index in [1.54, 1.807) is 0 Å². The van der Waals surface area contributed by atoms with E-state index in [1.165, 1.54) is 25.7 Å². The Bertz CT molecular complexity index is 71.3. The highest BCUT2D eigenvalue weighted by molar-refractivity contribution is 4.54. The summed E-state index contributed by atoms with van der Waals surface area (Å²) in [5.41, 5.74) is 0. The molecule has 0 saturated heterocycles. The normalized spacial score (nSPS) is 13.4. The molecule has 0 heterocycles. The molecular weight excluding hydrogens is 136 g/mol. The maximum absolute atomic E-state index is 9.35. The fourth-order valence-electron chi connectivity index (χ4n) is 1.28. The third-order valence-corrected chi connectivity index (χ3v) is 2.01. The van der Waals surface area contributed by atoms with Gasteiger partial charge in [-0.2, -0.15) is 0 Å². The Hall–Kier alpha value is -0.0400. The van der Waals surface area contributed by atoms with Crippen LogP contribution in [0.3, 0.4) is 0 Å². The van der Waals surface area contributed by atoms with Crippen LogP contribution in [0.4, 0.5) is 0 Å². The highest BCUT2D eigenvalue weighted by Gasteiger charge is 2.00. The lowest BCUT2D eigenvalue weighted by atomic mass is 10.1. The fraction of sp³-hybridized carbons (Fsp3) is 1.00. The van der Waals surface area contributed by atoms with E-state index in [2.05, 4.69) is 13.8 Å². The van der Waals surface area contributed by atoms with Crippen LogP contribution in [0, 0.1) is 0 Å². The van der Waals surface area contributed by atoms with Crippen molar-refractivity contribution in [1.29, 1.82) is 0 Å².